The molecule has 5 atom stereocenters. The Hall–Kier alpha value is -1.59. The summed E-state index contributed by atoms with van der Waals surface area (Å²) in [6.45, 7) is 2.09. The van der Waals surface area contributed by atoms with Crippen LogP contribution in [0.5, 0.6) is 0 Å². The number of esters is 1. The Bertz CT molecular complexity index is 777. The molecule has 2 unspecified atom stereocenters. The third kappa shape index (κ3) is 3.57. The molecule has 4 bridgehead atoms. The van der Waals surface area contributed by atoms with Crippen LogP contribution in [0, 0.1) is 17.3 Å². The van der Waals surface area contributed by atoms with Crippen LogP contribution in [0.4, 0.5) is 0 Å². The summed E-state index contributed by atoms with van der Waals surface area (Å²) in [6.07, 6.45) is 4.68. The van der Waals surface area contributed by atoms with E-state index in [1.54, 1.807) is 4.90 Å². The Morgan fingerprint density at radius 2 is 1.72 bits per heavy atom. The highest BCUT2D eigenvalue weighted by Crippen LogP contribution is 2.64. The second kappa shape index (κ2) is 7.28. The average Bonchev–Trinajstić information content (AvgIpc) is 2.71. The van der Waals surface area contributed by atoms with Crippen molar-refractivity contribution in [2.24, 2.45) is 17.3 Å². The van der Waals surface area contributed by atoms with E-state index in [0.29, 0.717) is 44.6 Å². The highest BCUT2D eigenvalue weighted by molar-refractivity contribution is 6.24. The second-order valence-corrected chi connectivity index (χ2v) is 10.3. The molecule has 1 heterocycles. The van der Waals surface area contributed by atoms with Crippen molar-refractivity contribution in [1.82, 2.24) is 4.90 Å². The van der Waals surface area contributed by atoms with Gasteiger partial charge in [-0.3, -0.25) is 9.59 Å². The first-order chi connectivity index (χ1) is 14.0. The third-order valence-electron chi connectivity index (χ3n) is 7.30. The molecule has 0 radical (unpaired) electrons. The third-order valence-corrected chi connectivity index (χ3v) is 7.74. The topological polar surface area (TPSA) is 55.8 Å². The molecule has 1 aromatic carbocycles. The fraction of sp³-hybridized carbons (Fsp3) is 0.652. The quantitative estimate of drug-likeness (QED) is 0.553. The van der Waals surface area contributed by atoms with Gasteiger partial charge < -0.3 is 14.4 Å². The van der Waals surface area contributed by atoms with Crippen LogP contribution < -0.4 is 0 Å². The van der Waals surface area contributed by atoms with Gasteiger partial charge in [0, 0.05) is 23.5 Å². The average molecular weight is 418 g/mol. The Balaban J connectivity index is 1.40. The van der Waals surface area contributed by atoms with E-state index in [-0.39, 0.29) is 16.8 Å². The zero-order valence-corrected chi connectivity index (χ0v) is 17.4. The predicted molar refractivity (Wildman–Crippen MR) is 108 cm³/mol. The maximum Gasteiger partial charge on any atom is 0.313 e. The molecule has 0 aromatic heterocycles. The number of ether oxygens (including phenoxy) is 2. The van der Waals surface area contributed by atoms with Gasteiger partial charge >= 0.3 is 5.97 Å². The molecule has 0 N–H and O–H groups in total. The Morgan fingerprint density at radius 1 is 1.07 bits per heavy atom. The lowest BCUT2D eigenvalue weighted by Crippen LogP contribution is -2.56. The fourth-order valence-electron chi connectivity index (χ4n) is 6.46. The number of carbonyl (C=O) groups excluding carboxylic acids is 2. The van der Waals surface area contributed by atoms with Crippen LogP contribution in [0.15, 0.2) is 30.3 Å². The Kier molecular flexibility index (Phi) is 4.86. The minimum Gasteiger partial charge on any atom is -0.447 e. The van der Waals surface area contributed by atoms with Crippen molar-refractivity contribution in [3.05, 3.63) is 35.9 Å². The van der Waals surface area contributed by atoms with E-state index >= 15 is 0 Å². The molecule has 156 valence electrons. The molecule has 4 aliphatic carbocycles. The summed E-state index contributed by atoms with van der Waals surface area (Å²) in [6, 6.07) is 9.37. The summed E-state index contributed by atoms with van der Waals surface area (Å²) in [4.78, 5) is 28.3. The van der Waals surface area contributed by atoms with Crippen LogP contribution in [0.2, 0.25) is 0 Å². The van der Waals surface area contributed by atoms with Gasteiger partial charge in [0.05, 0.1) is 18.6 Å². The minimum absolute atomic E-state index is 0.154. The smallest absolute Gasteiger partial charge is 0.313 e. The van der Waals surface area contributed by atoms with Gasteiger partial charge in [0.1, 0.15) is 0 Å². The van der Waals surface area contributed by atoms with E-state index in [1.807, 2.05) is 30.3 Å². The number of nitrogens with zero attached hydrogens (tertiary/aromatic N) is 1. The van der Waals surface area contributed by atoms with Crippen molar-refractivity contribution in [2.75, 3.05) is 26.3 Å². The molecule has 6 heteroatoms. The van der Waals surface area contributed by atoms with Crippen molar-refractivity contribution in [2.45, 2.75) is 49.5 Å². The van der Waals surface area contributed by atoms with E-state index in [1.165, 1.54) is 6.42 Å². The van der Waals surface area contributed by atoms with Gasteiger partial charge in [-0.15, -0.1) is 11.6 Å². The van der Waals surface area contributed by atoms with Crippen molar-refractivity contribution in [1.29, 1.82) is 0 Å². The minimum atomic E-state index is -0.902. The Morgan fingerprint density at radius 3 is 2.34 bits per heavy atom. The van der Waals surface area contributed by atoms with Crippen LogP contribution in [-0.2, 0) is 19.1 Å². The lowest BCUT2D eigenvalue weighted by atomic mass is 9.49. The fourth-order valence-corrected chi connectivity index (χ4v) is 7.15. The molecule has 6 rings (SSSR count). The molecular weight excluding hydrogens is 390 g/mol. The summed E-state index contributed by atoms with van der Waals surface area (Å²) in [5.41, 5.74) is 0.201. The number of halogens is 1. The molecule has 4 saturated carbocycles. The molecule has 1 aromatic rings. The van der Waals surface area contributed by atoms with E-state index in [9.17, 15) is 9.59 Å². The number of alkyl halides is 1. The van der Waals surface area contributed by atoms with E-state index in [2.05, 4.69) is 0 Å². The number of hydrogen-bond donors (Lipinski definition) is 0. The van der Waals surface area contributed by atoms with E-state index in [4.69, 9.17) is 21.1 Å². The molecule has 1 saturated heterocycles. The monoisotopic (exact) mass is 417 g/mol. The summed E-state index contributed by atoms with van der Waals surface area (Å²) >= 11 is 6.91. The molecule has 5 fully saturated rings. The highest BCUT2D eigenvalue weighted by atomic mass is 35.5. The van der Waals surface area contributed by atoms with Crippen LogP contribution in [0.1, 0.15) is 50.2 Å². The van der Waals surface area contributed by atoms with Crippen molar-refractivity contribution in [3.63, 3.8) is 0 Å². The predicted octanol–water partition coefficient (Wildman–Crippen LogP) is 3.71. The summed E-state index contributed by atoms with van der Waals surface area (Å²) in [5.74, 6) is 0.628. The zero-order chi connectivity index (χ0) is 20.1. The molecule has 5 aliphatic rings. The van der Waals surface area contributed by atoms with Gasteiger partial charge in [0.2, 0.25) is 6.10 Å². The number of morpholine rings is 1. The number of amides is 1. The van der Waals surface area contributed by atoms with Crippen LogP contribution in [0.25, 0.3) is 0 Å². The Labute approximate surface area is 176 Å². The molecule has 0 spiro atoms. The molecule has 1 aliphatic heterocycles. The molecule has 29 heavy (non-hydrogen) atoms. The van der Waals surface area contributed by atoms with Crippen molar-refractivity contribution in [3.8, 4) is 0 Å². The SMILES string of the molecule is O=C([C@@H](OC(=O)C12C[C@@H]3C[C@@H](CC(Cl)(C3)C1)C2)c1ccccc1)N1CCOCC1. The lowest BCUT2D eigenvalue weighted by Gasteiger charge is -2.58. The summed E-state index contributed by atoms with van der Waals surface area (Å²) < 4.78 is 11.4. The van der Waals surface area contributed by atoms with Gasteiger partial charge in [-0.1, -0.05) is 30.3 Å². The second-order valence-electron chi connectivity index (χ2n) is 9.53. The molecule has 5 nitrogen and oxygen atoms in total. The maximum absolute atomic E-state index is 13.5. The van der Waals surface area contributed by atoms with Crippen LogP contribution >= 0.6 is 11.6 Å². The normalized spacial score (nSPS) is 36.7. The zero-order valence-electron chi connectivity index (χ0n) is 16.6. The molecular formula is C23H28ClNO4. The number of carbonyl (C=O) groups is 2. The van der Waals surface area contributed by atoms with Gasteiger partial charge in [0.25, 0.3) is 5.91 Å². The van der Waals surface area contributed by atoms with Gasteiger partial charge in [-0.2, -0.15) is 0 Å². The first-order valence-electron chi connectivity index (χ1n) is 10.8. The number of benzene rings is 1. The standard InChI is InChI=1S/C23H28ClNO4/c24-23-13-16-10-17(14-23)12-22(11-16,15-23)21(27)29-19(18-4-2-1-3-5-18)20(26)25-6-8-28-9-7-25/h1-5,16-17,19H,6-15H2/t16-,17+,19-,22?,23?/m0/s1. The summed E-state index contributed by atoms with van der Waals surface area (Å²) in [5, 5.41) is 0. The first-order valence-corrected chi connectivity index (χ1v) is 11.2. The maximum atomic E-state index is 13.5. The van der Waals surface area contributed by atoms with Gasteiger partial charge in [-0.25, -0.2) is 0 Å². The number of rotatable bonds is 4. The summed E-state index contributed by atoms with van der Waals surface area (Å²) in [7, 11) is 0. The van der Waals surface area contributed by atoms with Gasteiger partial charge in [-0.05, 0) is 50.4 Å². The molecule has 1 amide bonds. The first kappa shape index (κ1) is 19.4. The van der Waals surface area contributed by atoms with Crippen molar-refractivity contribution < 1.29 is 19.1 Å². The van der Waals surface area contributed by atoms with Crippen molar-refractivity contribution >= 4 is 23.5 Å². The van der Waals surface area contributed by atoms with Crippen LogP contribution in [0.3, 0.4) is 0 Å². The van der Waals surface area contributed by atoms with E-state index in [0.717, 1.165) is 31.2 Å². The van der Waals surface area contributed by atoms with E-state index < -0.39 is 11.5 Å². The van der Waals surface area contributed by atoms with Gasteiger partial charge in [0.15, 0.2) is 0 Å². The lowest BCUT2D eigenvalue weighted by molar-refractivity contribution is -0.181. The largest absolute Gasteiger partial charge is 0.447 e. The van der Waals surface area contributed by atoms with Crippen LogP contribution in [-0.4, -0.2) is 48.0 Å². The number of hydrogen-bond acceptors (Lipinski definition) is 4. The highest BCUT2D eigenvalue weighted by Gasteiger charge is 2.61.